The van der Waals surface area contributed by atoms with Crippen LogP contribution >= 0.6 is 11.6 Å². The molecule has 1 aliphatic carbocycles. The Bertz CT molecular complexity index is 1600. The second kappa shape index (κ2) is 16.4. The van der Waals surface area contributed by atoms with Gasteiger partial charge in [-0.3, -0.25) is 9.69 Å². The fourth-order valence-electron chi connectivity index (χ4n) is 5.80. The van der Waals surface area contributed by atoms with Gasteiger partial charge >= 0.3 is 18.2 Å². The Labute approximate surface area is 285 Å². The zero-order valence-electron chi connectivity index (χ0n) is 27.7. The SMILES string of the molecule is COc1cc(NC(=O)NCCCc2ccc(-c3ccccc3)c(N(C(=O)O)[C@H]3CC[C@H](NC(=O)OC(C)(C)C)CC3)c2)c(Cl)cc1C=O. The van der Waals surface area contributed by atoms with Crippen molar-refractivity contribution in [1.82, 2.24) is 10.6 Å². The molecule has 3 aromatic carbocycles. The van der Waals surface area contributed by atoms with Crippen LogP contribution in [0.2, 0.25) is 5.02 Å². The predicted molar refractivity (Wildman–Crippen MR) is 187 cm³/mol. The number of methoxy groups -OCH3 is 1. The number of hydrogen-bond acceptors (Lipinski definition) is 6. The molecule has 3 aromatic rings. The summed E-state index contributed by atoms with van der Waals surface area (Å²) < 4.78 is 10.6. The number of carbonyl (C=O) groups excluding carboxylic acids is 3. The van der Waals surface area contributed by atoms with Crippen LogP contribution in [0.4, 0.5) is 25.8 Å². The van der Waals surface area contributed by atoms with Crippen LogP contribution in [-0.4, -0.2) is 60.9 Å². The van der Waals surface area contributed by atoms with Crippen LogP contribution in [0.5, 0.6) is 5.75 Å². The predicted octanol–water partition coefficient (Wildman–Crippen LogP) is 7.90. The lowest BCUT2D eigenvalue weighted by molar-refractivity contribution is 0.0490. The first kappa shape index (κ1) is 36.1. The summed E-state index contributed by atoms with van der Waals surface area (Å²) in [6.07, 6.45) is 2.71. The standard InChI is InChI=1S/C36H43ClN4O7/c1-36(2,3)48-34(44)39-26-13-15-27(16-14-26)41(35(45)46)31-19-23(12-17-28(31)24-10-6-5-7-11-24)9-8-18-38-33(43)40-30-21-32(47-4)25(22-42)20-29(30)37/h5-7,10-12,17,19-22,26-27H,8-9,13-16,18H2,1-4H3,(H,39,44)(H,45,46)(H2,38,40,43)/t26-,27-. The minimum absolute atomic E-state index is 0.0925. The molecule has 0 heterocycles. The summed E-state index contributed by atoms with van der Waals surface area (Å²) in [4.78, 5) is 50.4. The molecule has 0 saturated heterocycles. The van der Waals surface area contributed by atoms with E-state index in [0.29, 0.717) is 68.5 Å². The van der Waals surface area contributed by atoms with Gasteiger partial charge in [0.1, 0.15) is 11.4 Å². The van der Waals surface area contributed by atoms with Crippen LogP contribution in [0.15, 0.2) is 60.7 Å². The van der Waals surface area contributed by atoms with Crippen LogP contribution < -0.4 is 25.6 Å². The molecule has 4 amide bonds. The number of benzene rings is 3. The lowest BCUT2D eigenvalue weighted by atomic mass is 9.89. The van der Waals surface area contributed by atoms with E-state index in [-0.39, 0.29) is 22.7 Å². The summed E-state index contributed by atoms with van der Waals surface area (Å²) in [5.41, 5.74) is 3.22. The number of aryl methyl sites for hydroxylation is 1. The van der Waals surface area contributed by atoms with Crippen molar-refractivity contribution in [2.75, 3.05) is 23.9 Å². The summed E-state index contributed by atoms with van der Waals surface area (Å²) >= 11 is 6.22. The Hall–Kier alpha value is -4.77. The van der Waals surface area contributed by atoms with Crippen molar-refractivity contribution in [1.29, 1.82) is 0 Å². The normalized spacial score (nSPS) is 15.9. The quantitative estimate of drug-likeness (QED) is 0.119. The Morgan fingerprint density at radius 1 is 1.02 bits per heavy atom. The van der Waals surface area contributed by atoms with E-state index in [1.54, 1.807) is 0 Å². The molecule has 0 unspecified atom stereocenters. The second-order valence-corrected chi connectivity index (χ2v) is 13.1. The molecule has 0 atom stereocenters. The van der Waals surface area contributed by atoms with Crippen molar-refractivity contribution in [2.24, 2.45) is 0 Å². The molecular formula is C36H43ClN4O7. The molecular weight excluding hydrogens is 636 g/mol. The Morgan fingerprint density at radius 2 is 1.73 bits per heavy atom. The number of amides is 4. The molecule has 11 nitrogen and oxygen atoms in total. The summed E-state index contributed by atoms with van der Waals surface area (Å²) in [7, 11) is 1.42. The van der Waals surface area contributed by atoms with Gasteiger partial charge in [0, 0.05) is 30.3 Å². The first-order valence-electron chi connectivity index (χ1n) is 16.0. The van der Waals surface area contributed by atoms with Gasteiger partial charge in [-0.15, -0.1) is 0 Å². The molecule has 4 rings (SSSR count). The van der Waals surface area contributed by atoms with Crippen molar-refractivity contribution < 1.29 is 33.8 Å². The van der Waals surface area contributed by atoms with Gasteiger partial charge in [0.15, 0.2) is 6.29 Å². The highest BCUT2D eigenvalue weighted by atomic mass is 35.5. The Balaban J connectivity index is 1.43. The first-order chi connectivity index (χ1) is 22.9. The third-order valence-electron chi connectivity index (χ3n) is 8.02. The van der Waals surface area contributed by atoms with E-state index >= 15 is 0 Å². The molecule has 48 heavy (non-hydrogen) atoms. The lowest BCUT2D eigenvalue weighted by Gasteiger charge is -2.36. The molecule has 1 fully saturated rings. The first-order valence-corrected chi connectivity index (χ1v) is 16.3. The van der Waals surface area contributed by atoms with Crippen LogP contribution in [0.25, 0.3) is 11.1 Å². The number of alkyl carbamates (subject to hydrolysis) is 1. The summed E-state index contributed by atoms with van der Waals surface area (Å²) in [6.45, 7) is 5.78. The third-order valence-corrected chi connectivity index (χ3v) is 8.33. The summed E-state index contributed by atoms with van der Waals surface area (Å²) in [5, 5.41) is 19.1. The van der Waals surface area contributed by atoms with E-state index in [0.717, 1.165) is 16.7 Å². The number of aldehydes is 1. The van der Waals surface area contributed by atoms with E-state index < -0.39 is 23.8 Å². The maximum absolute atomic E-state index is 12.8. The molecule has 0 aromatic heterocycles. The number of carboxylic acid groups (broad SMARTS) is 1. The highest BCUT2D eigenvalue weighted by molar-refractivity contribution is 6.34. The van der Waals surface area contributed by atoms with E-state index in [9.17, 15) is 24.3 Å². The van der Waals surface area contributed by atoms with Gasteiger partial charge in [0.05, 0.1) is 29.1 Å². The number of nitrogens with one attached hydrogen (secondary N) is 3. The van der Waals surface area contributed by atoms with Gasteiger partial charge in [0.2, 0.25) is 0 Å². The highest BCUT2D eigenvalue weighted by Gasteiger charge is 2.32. The van der Waals surface area contributed by atoms with E-state index in [1.165, 1.54) is 24.1 Å². The van der Waals surface area contributed by atoms with Crippen LogP contribution in [0.1, 0.15) is 68.8 Å². The molecule has 256 valence electrons. The number of anilines is 2. The average molecular weight is 679 g/mol. The van der Waals surface area contributed by atoms with Crippen LogP contribution in [0, 0.1) is 0 Å². The maximum Gasteiger partial charge on any atom is 0.412 e. The topological polar surface area (TPSA) is 146 Å². The van der Waals surface area contributed by atoms with Crippen LogP contribution in [-0.2, 0) is 11.2 Å². The van der Waals surface area contributed by atoms with Crippen molar-refractivity contribution in [2.45, 2.75) is 77.0 Å². The number of rotatable bonds is 11. The Kier molecular flexibility index (Phi) is 12.3. The maximum atomic E-state index is 12.8. The van der Waals surface area contributed by atoms with Gasteiger partial charge in [-0.05, 0) is 82.6 Å². The van der Waals surface area contributed by atoms with Gasteiger partial charge in [-0.1, -0.05) is 54.1 Å². The fourth-order valence-corrected chi connectivity index (χ4v) is 6.02. The zero-order valence-corrected chi connectivity index (χ0v) is 28.4. The van der Waals surface area contributed by atoms with E-state index in [1.807, 2.05) is 69.3 Å². The third kappa shape index (κ3) is 9.87. The van der Waals surface area contributed by atoms with Crippen molar-refractivity contribution >= 4 is 47.5 Å². The molecule has 4 N–H and O–H groups in total. The summed E-state index contributed by atoms with van der Waals surface area (Å²) in [5.74, 6) is 0.292. The van der Waals surface area contributed by atoms with Crippen molar-refractivity contribution in [3.63, 3.8) is 0 Å². The smallest absolute Gasteiger partial charge is 0.412 e. The number of carbonyl (C=O) groups is 4. The van der Waals surface area contributed by atoms with Gasteiger partial charge in [-0.2, -0.15) is 0 Å². The number of ether oxygens (including phenoxy) is 2. The number of urea groups is 1. The zero-order chi connectivity index (χ0) is 34.8. The molecule has 0 bridgehead atoms. The van der Waals surface area contributed by atoms with Gasteiger partial charge in [-0.25, -0.2) is 14.4 Å². The highest BCUT2D eigenvalue weighted by Crippen LogP contribution is 2.37. The average Bonchev–Trinajstić information content (AvgIpc) is 3.04. The largest absolute Gasteiger partial charge is 0.496 e. The van der Waals surface area contributed by atoms with Crippen LogP contribution in [0.3, 0.4) is 0 Å². The van der Waals surface area contributed by atoms with Crippen molar-refractivity contribution in [3.05, 3.63) is 76.8 Å². The minimum Gasteiger partial charge on any atom is -0.496 e. The Morgan fingerprint density at radius 3 is 2.35 bits per heavy atom. The molecule has 1 aliphatic rings. The van der Waals surface area contributed by atoms with E-state index in [4.69, 9.17) is 21.1 Å². The van der Waals surface area contributed by atoms with Gasteiger partial charge in [0.25, 0.3) is 0 Å². The number of halogens is 1. The second-order valence-electron chi connectivity index (χ2n) is 12.7. The summed E-state index contributed by atoms with van der Waals surface area (Å²) in [6, 6.07) is 17.6. The molecule has 12 heteroatoms. The molecule has 0 radical (unpaired) electrons. The van der Waals surface area contributed by atoms with Crippen molar-refractivity contribution in [3.8, 4) is 16.9 Å². The minimum atomic E-state index is -1.04. The fraction of sp³-hybridized carbons (Fsp3) is 0.389. The molecule has 0 spiro atoms. The van der Waals surface area contributed by atoms with E-state index in [2.05, 4.69) is 16.0 Å². The number of hydrogen-bond donors (Lipinski definition) is 4. The monoisotopic (exact) mass is 678 g/mol. The molecule has 1 saturated carbocycles. The van der Waals surface area contributed by atoms with Gasteiger partial charge < -0.3 is 30.5 Å². The lowest BCUT2D eigenvalue weighted by Crippen LogP contribution is -2.47. The number of nitrogens with zero attached hydrogens (tertiary/aromatic N) is 1. The molecule has 0 aliphatic heterocycles.